The second-order valence-electron chi connectivity index (χ2n) is 4.35. The number of nitrogens with zero attached hydrogens (tertiary/aromatic N) is 3. The molecule has 2 N–H and O–H groups in total. The Hall–Kier alpha value is -1.03. The molecule has 1 atom stereocenters. The van der Waals surface area contributed by atoms with Crippen molar-refractivity contribution in [2.24, 2.45) is 0 Å². The fourth-order valence-corrected chi connectivity index (χ4v) is 2.37. The Kier molecular flexibility index (Phi) is 3.19. The Morgan fingerprint density at radius 2 is 2.12 bits per heavy atom. The minimum atomic E-state index is 0.277. The highest BCUT2D eigenvalue weighted by molar-refractivity contribution is 6.28. The lowest BCUT2D eigenvalue weighted by atomic mass is 10.0. The molecule has 0 saturated carbocycles. The lowest BCUT2D eigenvalue weighted by Crippen LogP contribution is -2.38. The van der Waals surface area contributed by atoms with Gasteiger partial charge in [0.25, 0.3) is 0 Å². The summed E-state index contributed by atoms with van der Waals surface area (Å²) in [6.07, 6.45) is 3.64. The molecular weight excluding hydrogens is 224 g/mol. The number of rotatable bonds is 1. The molecule has 0 aromatic carbocycles. The average Bonchev–Trinajstić information content (AvgIpc) is 2.24. The number of anilines is 2. The summed E-state index contributed by atoms with van der Waals surface area (Å²) in [5, 5.41) is 0.277. The quantitative estimate of drug-likeness (QED) is 0.766. The van der Waals surface area contributed by atoms with Crippen molar-refractivity contribution in [1.82, 2.24) is 9.97 Å². The zero-order valence-corrected chi connectivity index (χ0v) is 10.5. The van der Waals surface area contributed by atoms with Gasteiger partial charge >= 0.3 is 0 Å². The summed E-state index contributed by atoms with van der Waals surface area (Å²) in [5.74, 6) is 0.796. The first-order chi connectivity index (χ1) is 7.59. The second-order valence-corrected chi connectivity index (χ2v) is 4.69. The van der Waals surface area contributed by atoms with Crippen molar-refractivity contribution in [1.29, 1.82) is 0 Å². The van der Waals surface area contributed by atoms with Crippen LogP contribution in [0.25, 0.3) is 0 Å². The standard InChI is InChI=1S/C11H17ClN4/c1-7-5-3-4-6-16(7)10-9(13)8(2)14-11(12)15-10/h7H,3-6,13H2,1-2H3. The van der Waals surface area contributed by atoms with Gasteiger partial charge in [0.15, 0.2) is 5.82 Å². The Balaban J connectivity index is 2.38. The fraction of sp³-hybridized carbons (Fsp3) is 0.636. The number of nitrogens with two attached hydrogens (primary N) is 1. The van der Waals surface area contributed by atoms with Gasteiger partial charge in [0.1, 0.15) is 0 Å². The molecule has 0 radical (unpaired) electrons. The van der Waals surface area contributed by atoms with Gasteiger partial charge in [-0.1, -0.05) is 0 Å². The SMILES string of the molecule is Cc1nc(Cl)nc(N2CCCCC2C)c1N. The van der Waals surface area contributed by atoms with Crippen molar-refractivity contribution in [2.75, 3.05) is 17.2 Å². The van der Waals surface area contributed by atoms with E-state index in [4.69, 9.17) is 17.3 Å². The van der Waals surface area contributed by atoms with Crippen LogP contribution in [0.4, 0.5) is 11.5 Å². The van der Waals surface area contributed by atoms with Gasteiger partial charge in [0, 0.05) is 12.6 Å². The van der Waals surface area contributed by atoms with Gasteiger partial charge in [-0.15, -0.1) is 0 Å². The maximum atomic E-state index is 6.02. The molecule has 88 valence electrons. The Morgan fingerprint density at radius 1 is 1.38 bits per heavy atom. The number of halogens is 1. The van der Waals surface area contributed by atoms with Gasteiger partial charge in [0.05, 0.1) is 11.4 Å². The van der Waals surface area contributed by atoms with Crippen LogP contribution in [0.5, 0.6) is 0 Å². The number of piperidine rings is 1. The van der Waals surface area contributed by atoms with E-state index >= 15 is 0 Å². The number of nitrogen functional groups attached to an aromatic ring is 1. The van der Waals surface area contributed by atoms with E-state index in [1.165, 1.54) is 19.3 Å². The van der Waals surface area contributed by atoms with Gasteiger partial charge < -0.3 is 10.6 Å². The number of aromatic nitrogens is 2. The van der Waals surface area contributed by atoms with Crippen LogP contribution in [-0.2, 0) is 0 Å². The molecule has 0 aliphatic carbocycles. The zero-order chi connectivity index (χ0) is 11.7. The first kappa shape index (κ1) is 11.5. The van der Waals surface area contributed by atoms with Crippen LogP contribution in [0, 0.1) is 6.92 Å². The summed E-state index contributed by atoms with van der Waals surface area (Å²) >= 11 is 5.88. The van der Waals surface area contributed by atoms with E-state index in [9.17, 15) is 0 Å². The van der Waals surface area contributed by atoms with Crippen LogP contribution in [0.15, 0.2) is 0 Å². The second kappa shape index (κ2) is 4.45. The van der Waals surface area contributed by atoms with Crippen LogP contribution in [0.2, 0.25) is 5.28 Å². The topological polar surface area (TPSA) is 55.0 Å². The van der Waals surface area contributed by atoms with E-state index < -0.39 is 0 Å². The average molecular weight is 241 g/mol. The molecule has 1 saturated heterocycles. The molecule has 0 spiro atoms. The molecule has 1 unspecified atom stereocenters. The van der Waals surface area contributed by atoms with Crippen molar-refractivity contribution >= 4 is 23.1 Å². The molecule has 2 rings (SSSR count). The van der Waals surface area contributed by atoms with E-state index in [1.54, 1.807) is 0 Å². The van der Waals surface area contributed by atoms with Gasteiger partial charge in [-0.2, -0.15) is 4.98 Å². The van der Waals surface area contributed by atoms with E-state index in [1.807, 2.05) is 6.92 Å². The fourth-order valence-electron chi connectivity index (χ4n) is 2.16. The van der Waals surface area contributed by atoms with Crippen molar-refractivity contribution < 1.29 is 0 Å². The van der Waals surface area contributed by atoms with Crippen molar-refractivity contribution in [3.8, 4) is 0 Å². The summed E-state index contributed by atoms with van der Waals surface area (Å²) in [6, 6.07) is 0.474. The maximum Gasteiger partial charge on any atom is 0.224 e. The lowest BCUT2D eigenvalue weighted by Gasteiger charge is -2.35. The summed E-state index contributed by atoms with van der Waals surface area (Å²) in [7, 11) is 0. The molecule has 5 heteroatoms. The molecule has 1 aromatic heterocycles. The molecule has 4 nitrogen and oxygen atoms in total. The lowest BCUT2D eigenvalue weighted by molar-refractivity contribution is 0.481. The predicted octanol–water partition coefficient (Wildman–Crippen LogP) is 2.40. The third-order valence-electron chi connectivity index (χ3n) is 3.16. The third-order valence-corrected chi connectivity index (χ3v) is 3.33. The van der Waals surface area contributed by atoms with E-state index in [0.717, 1.165) is 18.1 Å². The molecule has 0 amide bonds. The highest BCUT2D eigenvalue weighted by atomic mass is 35.5. The highest BCUT2D eigenvalue weighted by Gasteiger charge is 2.22. The third kappa shape index (κ3) is 2.07. The first-order valence-corrected chi connectivity index (χ1v) is 6.03. The largest absolute Gasteiger partial charge is 0.394 e. The van der Waals surface area contributed by atoms with Crippen LogP contribution >= 0.6 is 11.6 Å². The molecule has 2 heterocycles. The van der Waals surface area contributed by atoms with Crippen molar-refractivity contribution in [3.63, 3.8) is 0 Å². The number of aryl methyl sites for hydroxylation is 1. The smallest absolute Gasteiger partial charge is 0.224 e. The molecule has 16 heavy (non-hydrogen) atoms. The monoisotopic (exact) mass is 240 g/mol. The molecule has 0 bridgehead atoms. The number of hydrogen-bond donors (Lipinski definition) is 1. The Bertz CT molecular complexity index is 394. The minimum Gasteiger partial charge on any atom is -0.394 e. The van der Waals surface area contributed by atoms with Crippen LogP contribution in [0.1, 0.15) is 31.9 Å². The van der Waals surface area contributed by atoms with E-state index in [-0.39, 0.29) is 5.28 Å². The molecular formula is C11H17ClN4. The Labute approximate surface area is 101 Å². The zero-order valence-electron chi connectivity index (χ0n) is 9.70. The minimum absolute atomic E-state index is 0.277. The van der Waals surface area contributed by atoms with Crippen LogP contribution < -0.4 is 10.6 Å². The van der Waals surface area contributed by atoms with Crippen LogP contribution in [-0.4, -0.2) is 22.6 Å². The summed E-state index contributed by atoms with van der Waals surface area (Å²) in [5.41, 5.74) is 7.43. The van der Waals surface area contributed by atoms with E-state index in [2.05, 4.69) is 21.8 Å². The number of hydrogen-bond acceptors (Lipinski definition) is 4. The highest BCUT2D eigenvalue weighted by Crippen LogP contribution is 2.29. The van der Waals surface area contributed by atoms with Crippen LogP contribution in [0.3, 0.4) is 0 Å². The molecule has 1 aliphatic heterocycles. The molecule has 1 fully saturated rings. The maximum absolute atomic E-state index is 6.02. The summed E-state index contributed by atoms with van der Waals surface area (Å²) in [6.45, 7) is 5.06. The van der Waals surface area contributed by atoms with E-state index in [0.29, 0.717) is 11.7 Å². The van der Waals surface area contributed by atoms with Gasteiger partial charge in [-0.05, 0) is 44.7 Å². The Morgan fingerprint density at radius 3 is 2.81 bits per heavy atom. The normalized spacial score (nSPS) is 21.2. The van der Waals surface area contributed by atoms with Gasteiger partial charge in [-0.25, -0.2) is 4.98 Å². The van der Waals surface area contributed by atoms with Crippen molar-refractivity contribution in [3.05, 3.63) is 11.0 Å². The molecule has 1 aliphatic rings. The summed E-state index contributed by atoms with van der Waals surface area (Å²) in [4.78, 5) is 10.6. The van der Waals surface area contributed by atoms with Crippen molar-refractivity contribution in [2.45, 2.75) is 39.2 Å². The first-order valence-electron chi connectivity index (χ1n) is 5.66. The molecule has 1 aromatic rings. The van der Waals surface area contributed by atoms with Gasteiger partial charge in [-0.3, -0.25) is 0 Å². The predicted molar refractivity (Wildman–Crippen MR) is 66.9 cm³/mol. The summed E-state index contributed by atoms with van der Waals surface area (Å²) < 4.78 is 0. The van der Waals surface area contributed by atoms with Gasteiger partial charge in [0.2, 0.25) is 5.28 Å².